The minimum atomic E-state index is -4.11. The van der Waals surface area contributed by atoms with Crippen molar-refractivity contribution >= 4 is 13.6 Å². The van der Waals surface area contributed by atoms with Crippen molar-refractivity contribution in [3.63, 3.8) is 0 Å². The number of rotatable bonds is 26. The fourth-order valence-electron chi connectivity index (χ4n) is 4.16. The monoisotopic (exact) mass is 580 g/mol. The molecule has 0 radical (unpaired) electrons. The minimum absolute atomic E-state index is 0.0327. The first kappa shape index (κ1) is 38.2. The molecular weight excluding hydrogens is 521 g/mol. The van der Waals surface area contributed by atoms with E-state index in [9.17, 15) is 19.4 Å². The van der Waals surface area contributed by atoms with Crippen LogP contribution >= 0.6 is 7.60 Å². The first-order valence-electron chi connectivity index (χ1n) is 15.1. The van der Waals surface area contributed by atoms with E-state index in [0.717, 1.165) is 19.3 Å². The summed E-state index contributed by atoms with van der Waals surface area (Å²) in [4.78, 5) is 22.2. The number of hydrogen-bond donors (Lipinski definition) is 4. The number of allylic oxidation sites excluding steroid dienone is 2. The van der Waals surface area contributed by atoms with Gasteiger partial charge in [0.15, 0.2) is 12.1 Å². The summed E-state index contributed by atoms with van der Waals surface area (Å²) in [6.45, 7) is 3.28. The molecule has 3 atom stereocenters. The highest BCUT2D eigenvalue weighted by Gasteiger charge is 2.41. The Balaban J connectivity index is 3.83. The number of ether oxygens (including phenoxy) is 1. The molecular formula is C29H59NO8P+. The van der Waals surface area contributed by atoms with E-state index in [-0.39, 0.29) is 30.5 Å². The first-order chi connectivity index (χ1) is 18.4. The molecule has 4 N–H and O–H groups in total. The Kier molecular flexibility index (Phi) is 22.4. The zero-order valence-electron chi connectivity index (χ0n) is 25.1. The van der Waals surface area contributed by atoms with E-state index in [1.165, 1.54) is 71.1 Å². The molecule has 0 bridgehead atoms. The second-order valence-corrected chi connectivity index (χ2v) is 13.4. The van der Waals surface area contributed by atoms with E-state index in [2.05, 4.69) is 19.1 Å². The summed E-state index contributed by atoms with van der Waals surface area (Å²) < 4.78 is 22.8. The Hall–Kier alpha value is -0.800. The fourth-order valence-corrected chi connectivity index (χ4v) is 5.66. The lowest BCUT2D eigenvalue weighted by molar-refractivity contribution is -0.901. The maximum atomic E-state index is 12.6. The van der Waals surface area contributed by atoms with Crippen LogP contribution in [0.2, 0.25) is 0 Å². The fraction of sp³-hybridized carbons (Fsp3) is 0.897. The summed E-state index contributed by atoms with van der Waals surface area (Å²) in [6.07, 6.45) is 19.1. The molecule has 0 fully saturated rings. The second-order valence-electron chi connectivity index (χ2n) is 11.3. The molecule has 0 spiro atoms. The van der Waals surface area contributed by atoms with E-state index in [1.807, 2.05) is 0 Å². The van der Waals surface area contributed by atoms with Crippen LogP contribution in [0.3, 0.4) is 0 Å². The summed E-state index contributed by atoms with van der Waals surface area (Å²) in [5.41, 5.74) is 0. The van der Waals surface area contributed by atoms with Crippen LogP contribution in [0.4, 0.5) is 0 Å². The molecule has 0 saturated heterocycles. The lowest BCUT2D eigenvalue weighted by Gasteiger charge is -2.37. The molecule has 39 heavy (non-hydrogen) atoms. The molecule has 2 unspecified atom stereocenters. The van der Waals surface area contributed by atoms with Gasteiger partial charge in [-0.05, 0) is 39.0 Å². The zero-order chi connectivity index (χ0) is 29.6. The molecule has 0 heterocycles. The molecule has 0 aliphatic rings. The summed E-state index contributed by atoms with van der Waals surface area (Å²) in [5.74, 6) is -1.26. The van der Waals surface area contributed by atoms with E-state index in [4.69, 9.17) is 19.5 Å². The van der Waals surface area contributed by atoms with Crippen LogP contribution < -0.4 is 0 Å². The van der Waals surface area contributed by atoms with Crippen LogP contribution in [-0.4, -0.2) is 82.7 Å². The Morgan fingerprint density at radius 2 is 1.36 bits per heavy atom. The van der Waals surface area contributed by atoms with Crippen LogP contribution in [0.5, 0.6) is 0 Å². The van der Waals surface area contributed by atoms with E-state index >= 15 is 0 Å². The maximum absolute atomic E-state index is 12.6. The standard InChI is InChI=1S/C29H58NO8P/c1-5-6-7-8-9-10-11-12-13-14-15-16-17-18-19-20-21-29(34)37-24-27(31)25-38-39(35,36)26(2)30(3,4)23-22-28(32)33/h16-17,26-28,31-33H,5-15,18-25H2,1-4H3/p+1/b17-16-/t26?,27-/m1/s1. The average molecular weight is 581 g/mol. The van der Waals surface area contributed by atoms with Gasteiger partial charge in [-0.2, -0.15) is 0 Å². The van der Waals surface area contributed by atoms with Crippen molar-refractivity contribution in [1.29, 1.82) is 0 Å². The van der Waals surface area contributed by atoms with Crippen LogP contribution in [0.1, 0.15) is 117 Å². The van der Waals surface area contributed by atoms with Crippen molar-refractivity contribution in [2.45, 2.75) is 135 Å². The Morgan fingerprint density at radius 3 is 1.90 bits per heavy atom. The van der Waals surface area contributed by atoms with Crippen LogP contribution in [0.25, 0.3) is 0 Å². The SMILES string of the molecule is CCCCCCCCCCCC/C=C\CCCCC(=O)OC[C@@H](O)COP(=O)(O)C(C)[N+](C)(C)CCC(O)O. The maximum Gasteiger partial charge on any atom is 0.384 e. The predicted molar refractivity (Wildman–Crippen MR) is 156 cm³/mol. The van der Waals surface area contributed by atoms with Gasteiger partial charge in [0.1, 0.15) is 12.7 Å². The third-order valence-electron chi connectivity index (χ3n) is 7.23. The Morgan fingerprint density at radius 1 is 0.846 bits per heavy atom. The predicted octanol–water partition coefficient (Wildman–Crippen LogP) is 5.64. The topological polar surface area (TPSA) is 134 Å². The number of nitrogens with zero attached hydrogens (tertiary/aromatic N) is 1. The second kappa shape index (κ2) is 22.8. The number of unbranched alkanes of at least 4 members (excludes halogenated alkanes) is 12. The summed E-state index contributed by atoms with van der Waals surface area (Å²) in [6, 6.07) is 0. The highest BCUT2D eigenvalue weighted by atomic mass is 31.2. The molecule has 0 aromatic heterocycles. The van der Waals surface area contributed by atoms with E-state index < -0.39 is 38.3 Å². The molecule has 0 aliphatic carbocycles. The number of carbonyl (C=O) groups excluding carboxylic acids is 1. The van der Waals surface area contributed by atoms with Gasteiger partial charge in [-0.1, -0.05) is 76.9 Å². The molecule has 0 saturated carbocycles. The third-order valence-corrected chi connectivity index (χ3v) is 9.32. The number of hydrogen-bond acceptors (Lipinski definition) is 7. The highest BCUT2D eigenvalue weighted by molar-refractivity contribution is 7.53. The van der Waals surface area contributed by atoms with Crippen LogP contribution in [0, 0.1) is 0 Å². The molecule has 0 aliphatic heterocycles. The van der Waals surface area contributed by atoms with Gasteiger partial charge in [0.05, 0.1) is 27.2 Å². The molecule has 10 heteroatoms. The summed E-state index contributed by atoms with van der Waals surface area (Å²) >= 11 is 0. The van der Waals surface area contributed by atoms with Gasteiger partial charge < -0.3 is 34.0 Å². The smallest absolute Gasteiger partial charge is 0.384 e. The van der Waals surface area contributed by atoms with E-state index in [1.54, 1.807) is 14.1 Å². The molecule has 0 amide bonds. The van der Waals surface area contributed by atoms with Crippen molar-refractivity contribution in [2.75, 3.05) is 33.9 Å². The Labute approximate surface area is 237 Å². The first-order valence-corrected chi connectivity index (χ1v) is 16.7. The van der Waals surface area contributed by atoms with Gasteiger partial charge in [-0.15, -0.1) is 0 Å². The minimum Gasteiger partial charge on any atom is -0.463 e. The third kappa shape index (κ3) is 21.6. The van der Waals surface area contributed by atoms with Crippen molar-refractivity contribution in [3.05, 3.63) is 12.2 Å². The van der Waals surface area contributed by atoms with Gasteiger partial charge in [-0.3, -0.25) is 9.36 Å². The number of quaternary nitrogens is 1. The van der Waals surface area contributed by atoms with Crippen molar-refractivity contribution < 1.29 is 43.3 Å². The van der Waals surface area contributed by atoms with Gasteiger partial charge >= 0.3 is 13.6 Å². The zero-order valence-corrected chi connectivity index (χ0v) is 26.0. The van der Waals surface area contributed by atoms with Crippen LogP contribution in [-0.2, 0) is 18.6 Å². The number of aliphatic hydroxyl groups excluding tert-OH is 2. The van der Waals surface area contributed by atoms with Gasteiger partial charge in [0.25, 0.3) is 0 Å². The molecule has 9 nitrogen and oxygen atoms in total. The van der Waals surface area contributed by atoms with Crippen molar-refractivity contribution in [1.82, 2.24) is 0 Å². The lowest BCUT2D eigenvalue weighted by Crippen LogP contribution is -2.48. The molecule has 0 aromatic rings. The molecule has 0 aromatic carbocycles. The van der Waals surface area contributed by atoms with Crippen LogP contribution in [0.15, 0.2) is 12.2 Å². The largest absolute Gasteiger partial charge is 0.463 e. The Bertz CT molecular complexity index is 686. The van der Waals surface area contributed by atoms with Gasteiger partial charge in [0.2, 0.25) is 0 Å². The number of esters is 1. The summed E-state index contributed by atoms with van der Waals surface area (Å²) in [7, 11) is -0.739. The van der Waals surface area contributed by atoms with Crippen molar-refractivity contribution in [2.24, 2.45) is 0 Å². The van der Waals surface area contributed by atoms with Gasteiger partial charge in [-0.25, -0.2) is 0 Å². The van der Waals surface area contributed by atoms with Gasteiger partial charge in [0, 0.05) is 12.8 Å². The lowest BCUT2D eigenvalue weighted by atomic mass is 10.1. The summed E-state index contributed by atoms with van der Waals surface area (Å²) in [5, 5.41) is 28.1. The average Bonchev–Trinajstić information content (AvgIpc) is 2.89. The molecule has 0 rings (SSSR count). The van der Waals surface area contributed by atoms with E-state index in [0.29, 0.717) is 6.42 Å². The normalized spacial score (nSPS) is 15.5. The molecule has 232 valence electrons. The van der Waals surface area contributed by atoms with Crippen molar-refractivity contribution in [3.8, 4) is 0 Å². The quantitative estimate of drug-likeness (QED) is 0.0258. The highest BCUT2D eigenvalue weighted by Crippen LogP contribution is 2.50. The number of carbonyl (C=O) groups is 1. The number of aliphatic hydroxyl groups is 3.